The van der Waals surface area contributed by atoms with Gasteiger partial charge in [-0.1, -0.05) is 12.2 Å². The number of aliphatic hydroxyl groups is 1. The number of hydrogen-bond acceptors (Lipinski definition) is 6. The molecule has 0 fully saturated rings. The maximum Gasteiger partial charge on any atom is 0.145 e. The summed E-state index contributed by atoms with van der Waals surface area (Å²) in [5.74, 6) is 0.975. The Bertz CT molecular complexity index is 392. The molecule has 1 aromatic rings. The molecule has 1 N–H and O–H groups in total. The van der Waals surface area contributed by atoms with Crippen molar-refractivity contribution in [2.24, 2.45) is 0 Å². The van der Waals surface area contributed by atoms with Crippen LogP contribution in [0.2, 0.25) is 0 Å². The first-order valence-corrected chi connectivity index (χ1v) is 7.84. The van der Waals surface area contributed by atoms with Crippen molar-refractivity contribution >= 4 is 57.5 Å². The molecule has 2 heterocycles. The Labute approximate surface area is 95.5 Å². The predicted molar refractivity (Wildman–Crippen MR) is 61.0 cm³/mol. The van der Waals surface area contributed by atoms with E-state index in [4.69, 9.17) is 12.2 Å². The summed E-state index contributed by atoms with van der Waals surface area (Å²) < 4.78 is 14.3. The molecule has 2 atom stereocenters. The molecular formula is C6H6O2S5. The van der Waals surface area contributed by atoms with Crippen molar-refractivity contribution < 1.29 is 9.32 Å². The summed E-state index contributed by atoms with van der Waals surface area (Å²) in [6.07, 6.45) is -0.453. The van der Waals surface area contributed by atoms with Gasteiger partial charge in [-0.05, 0) is 0 Å². The van der Waals surface area contributed by atoms with Crippen LogP contribution in [-0.4, -0.2) is 26.9 Å². The van der Waals surface area contributed by atoms with E-state index < -0.39 is 16.9 Å². The van der Waals surface area contributed by atoms with Gasteiger partial charge in [0.05, 0.1) is 26.9 Å². The average Bonchev–Trinajstić information content (AvgIpc) is 2.38. The van der Waals surface area contributed by atoms with Crippen molar-refractivity contribution in [3.63, 3.8) is 0 Å². The van der Waals surface area contributed by atoms with Crippen LogP contribution in [0.5, 0.6) is 0 Å². The van der Waals surface area contributed by atoms with E-state index >= 15 is 0 Å². The van der Waals surface area contributed by atoms with E-state index in [1.54, 1.807) is 11.8 Å². The highest BCUT2D eigenvalue weighted by Crippen LogP contribution is 2.38. The Hall–Kier alpha value is 0.730. The highest BCUT2D eigenvalue weighted by Gasteiger charge is 2.22. The number of hydrogen-bond donors (Lipinski definition) is 1. The molecule has 0 aliphatic carbocycles. The van der Waals surface area contributed by atoms with Crippen LogP contribution >= 0.6 is 46.7 Å². The van der Waals surface area contributed by atoms with Gasteiger partial charge in [-0.15, -0.1) is 34.4 Å². The largest absolute Gasteiger partial charge is 0.391 e. The van der Waals surface area contributed by atoms with Crippen molar-refractivity contribution in [3.8, 4) is 0 Å². The van der Waals surface area contributed by atoms with Crippen LogP contribution < -0.4 is 0 Å². The molecule has 0 amide bonds. The van der Waals surface area contributed by atoms with Gasteiger partial charge in [0.15, 0.2) is 0 Å². The fraction of sp³-hybridized carbons (Fsp3) is 0.500. The van der Waals surface area contributed by atoms with E-state index in [9.17, 15) is 9.32 Å². The molecular weight excluding hydrogens is 264 g/mol. The predicted octanol–water partition coefficient (Wildman–Crippen LogP) is 2.11. The normalized spacial score (nSPS) is 28.1. The summed E-state index contributed by atoms with van der Waals surface area (Å²) in [5.41, 5.74) is 0. The van der Waals surface area contributed by atoms with Crippen LogP contribution in [0.4, 0.5) is 0 Å². The first-order chi connectivity index (χ1) is 6.16. The highest BCUT2D eigenvalue weighted by atomic mass is 32.2. The van der Waals surface area contributed by atoms with Gasteiger partial charge in [0.1, 0.15) is 7.35 Å². The smallest absolute Gasteiger partial charge is 0.145 e. The Balaban J connectivity index is 2.44. The maximum absolute atomic E-state index is 11.6. The lowest BCUT2D eigenvalue weighted by molar-refractivity contribution is 0.224. The monoisotopic (exact) mass is 270 g/mol. The van der Waals surface area contributed by atoms with Crippen molar-refractivity contribution in [1.29, 1.82) is 0 Å². The van der Waals surface area contributed by atoms with Gasteiger partial charge in [-0.2, -0.15) is 0 Å². The molecule has 2 nitrogen and oxygen atoms in total. The molecule has 2 rings (SSSR count). The van der Waals surface area contributed by atoms with Crippen LogP contribution in [0.15, 0.2) is 8.42 Å². The van der Waals surface area contributed by atoms with Crippen LogP contribution in [-0.2, 0) is 10.8 Å². The Kier molecular flexibility index (Phi) is 3.22. The molecule has 0 unspecified atom stereocenters. The molecule has 0 spiro atoms. The second-order valence-corrected chi connectivity index (χ2v) is 8.71. The fourth-order valence-electron chi connectivity index (χ4n) is 0.954. The average molecular weight is 270 g/mol. The zero-order valence-corrected chi connectivity index (χ0v) is 10.5. The first kappa shape index (κ1) is 10.3. The molecule has 1 aliphatic heterocycles. The molecule has 0 bridgehead atoms. The Morgan fingerprint density at radius 3 is 3.08 bits per heavy atom. The van der Waals surface area contributed by atoms with Gasteiger partial charge < -0.3 is 5.11 Å². The standard InChI is InChI=1S/C6H6O2S5/c7-3-1-10-4-5(13(8)2-3)12-6(9)11-4/h3,7H,1-2H2/t3-,13-/m0/s1. The lowest BCUT2D eigenvalue weighted by atomic mass is 10.5. The Morgan fingerprint density at radius 1 is 1.54 bits per heavy atom. The van der Waals surface area contributed by atoms with E-state index in [1.807, 2.05) is 0 Å². The molecule has 1 aromatic heterocycles. The number of fused-ring (bicyclic) bond motifs is 1. The summed E-state index contributed by atoms with van der Waals surface area (Å²) in [4.78, 5) is 0. The van der Waals surface area contributed by atoms with E-state index in [1.165, 1.54) is 22.7 Å². The second kappa shape index (κ2) is 4.08. The Morgan fingerprint density at radius 2 is 2.31 bits per heavy atom. The van der Waals surface area contributed by atoms with Crippen LogP contribution in [0.1, 0.15) is 0 Å². The lowest BCUT2D eigenvalue weighted by Gasteiger charge is -2.01. The minimum Gasteiger partial charge on any atom is -0.391 e. The van der Waals surface area contributed by atoms with Crippen LogP contribution in [0.25, 0.3) is 0 Å². The van der Waals surface area contributed by atoms with Crippen molar-refractivity contribution in [3.05, 3.63) is 3.14 Å². The molecule has 1 aliphatic rings. The van der Waals surface area contributed by atoms with Crippen LogP contribution in [0, 0.1) is 3.14 Å². The zero-order valence-electron chi connectivity index (χ0n) is 6.39. The minimum atomic E-state index is -1.05. The molecule has 7 heteroatoms. The van der Waals surface area contributed by atoms with Crippen molar-refractivity contribution in [2.45, 2.75) is 14.5 Å². The van der Waals surface area contributed by atoms with E-state index in [-0.39, 0.29) is 0 Å². The molecule has 0 radical (unpaired) electrons. The number of aliphatic hydroxyl groups excluding tert-OH is 1. The van der Waals surface area contributed by atoms with Crippen molar-refractivity contribution in [1.82, 2.24) is 0 Å². The molecule has 13 heavy (non-hydrogen) atoms. The van der Waals surface area contributed by atoms with E-state index in [0.717, 1.165) is 11.6 Å². The van der Waals surface area contributed by atoms with E-state index in [0.29, 0.717) is 11.5 Å². The van der Waals surface area contributed by atoms with Gasteiger partial charge in [-0.3, -0.25) is 4.21 Å². The van der Waals surface area contributed by atoms with Gasteiger partial charge in [0.25, 0.3) is 0 Å². The molecule has 72 valence electrons. The molecule has 0 saturated carbocycles. The number of rotatable bonds is 0. The van der Waals surface area contributed by atoms with Crippen molar-refractivity contribution in [2.75, 3.05) is 11.5 Å². The summed E-state index contributed by atoms with van der Waals surface area (Å²) in [6.45, 7) is 0. The van der Waals surface area contributed by atoms with Gasteiger partial charge in [0.2, 0.25) is 0 Å². The van der Waals surface area contributed by atoms with Gasteiger partial charge in [0, 0.05) is 5.75 Å². The summed E-state index contributed by atoms with van der Waals surface area (Å²) >= 11 is 9.51. The zero-order chi connectivity index (χ0) is 9.42. The van der Waals surface area contributed by atoms with Gasteiger partial charge >= 0.3 is 0 Å². The quantitative estimate of drug-likeness (QED) is 0.733. The highest BCUT2D eigenvalue weighted by molar-refractivity contribution is 8.02. The lowest BCUT2D eigenvalue weighted by Crippen LogP contribution is -2.16. The summed E-state index contributed by atoms with van der Waals surface area (Å²) in [6, 6.07) is 0. The number of thioether (sulfide) groups is 1. The van der Waals surface area contributed by atoms with E-state index in [2.05, 4.69) is 0 Å². The third-order valence-electron chi connectivity index (χ3n) is 1.48. The molecule has 0 aromatic carbocycles. The summed E-state index contributed by atoms with van der Waals surface area (Å²) in [7, 11) is -1.05. The van der Waals surface area contributed by atoms with Crippen LogP contribution in [0.3, 0.4) is 0 Å². The fourth-order valence-corrected chi connectivity index (χ4v) is 7.68. The second-order valence-electron chi connectivity index (χ2n) is 2.51. The minimum absolute atomic E-state index is 0.349. The third kappa shape index (κ3) is 2.21. The third-order valence-corrected chi connectivity index (χ3v) is 7.84. The summed E-state index contributed by atoms with van der Waals surface area (Å²) in [5, 5.41) is 9.39. The first-order valence-electron chi connectivity index (χ1n) is 3.50. The maximum atomic E-state index is 11.6. The SMILES string of the molecule is O=[S@]1C[C@@H](O)CSc2sc(=S)sc21. The molecule has 0 saturated heterocycles. The topological polar surface area (TPSA) is 37.3 Å². The van der Waals surface area contributed by atoms with Gasteiger partial charge in [-0.25, -0.2) is 0 Å².